The average Bonchev–Trinajstić information content (AvgIpc) is 3.13. The summed E-state index contributed by atoms with van der Waals surface area (Å²) in [4.78, 5) is 17.0. The van der Waals surface area contributed by atoms with Gasteiger partial charge in [0.2, 0.25) is 15.9 Å². The number of amides is 1. The Balaban J connectivity index is 1.77. The van der Waals surface area contributed by atoms with Crippen molar-refractivity contribution in [3.05, 3.63) is 42.0 Å². The number of hydrogen-bond acceptors (Lipinski definition) is 7. The number of methoxy groups -OCH3 is 2. The largest absolute Gasteiger partial charge is 0.493 e. The minimum Gasteiger partial charge on any atom is -0.493 e. The molecule has 0 unspecified atom stereocenters. The third-order valence-electron chi connectivity index (χ3n) is 4.57. The number of hydrogen-bond donors (Lipinski definition) is 1. The van der Waals surface area contributed by atoms with Crippen LogP contribution >= 0.6 is 11.3 Å². The predicted octanol–water partition coefficient (Wildman–Crippen LogP) is 3.14. The number of carbonyl (C=O) groups excluding carboxylic acids is 1. The van der Waals surface area contributed by atoms with Gasteiger partial charge >= 0.3 is 0 Å². The summed E-state index contributed by atoms with van der Waals surface area (Å²) >= 11 is 1.23. The second kappa shape index (κ2) is 8.99. The number of nitrogens with zero attached hydrogens (tertiary/aromatic N) is 2. The Kier molecular flexibility index (Phi) is 6.59. The molecule has 1 N–H and O–H groups in total. The van der Waals surface area contributed by atoms with Crippen LogP contribution in [0.5, 0.6) is 11.5 Å². The first kappa shape index (κ1) is 22.0. The van der Waals surface area contributed by atoms with E-state index >= 15 is 0 Å². The van der Waals surface area contributed by atoms with Gasteiger partial charge < -0.3 is 14.8 Å². The van der Waals surface area contributed by atoms with E-state index in [4.69, 9.17) is 9.47 Å². The van der Waals surface area contributed by atoms with Gasteiger partial charge in [-0.3, -0.25) is 4.79 Å². The van der Waals surface area contributed by atoms with Crippen LogP contribution in [0.1, 0.15) is 12.5 Å². The third-order valence-corrected chi connectivity index (χ3v) is 7.43. The summed E-state index contributed by atoms with van der Waals surface area (Å²) in [5, 5.41) is 3.19. The fraction of sp³-hybridized carbons (Fsp3) is 0.300. The van der Waals surface area contributed by atoms with E-state index in [1.807, 2.05) is 0 Å². The summed E-state index contributed by atoms with van der Waals surface area (Å²) < 4.78 is 37.5. The molecular weight excluding hydrogens is 426 g/mol. The number of rotatable bonds is 8. The Morgan fingerprint density at radius 2 is 1.87 bits per heavy atom. The first-order chi connectivity index (χ1) is 14.3. The molecule has 3 rings (SSSR count). The Bertz CT molecular complexity index is 1170. The molecule has 0 aliphatic rings. The van der Waals surface area contributed by atoms with E-state index in [9.17, 15) is 13.2 Å². The highest BCUT2D eigenvalue weighted by Gasteiger charge is 2.20. The maximum Gasteiger partial charge on any atom is 0.242 e. The highest BCUT2D eigenvalue weighted by Crippen LogP contribution is 2.30. The lowest BCUT2D eigenvalue weighted by Crippen LogP contribution is -2.26. The molecule has 0 saturated heterocycles. The Morgan fingerprint density at radius 3 is 2.53 bits per heavy atom. The number of benzene rings is 2. The van der Waals surface area contributed by atoms with Crippen LogP contribution in [0.4, 0.5) is 5.13 Å². The van der Waals surface area contributed by atoms with Gasteiger partial charge in [0.25, 0.3) is 0 Å². The molecule has 2 aromatic carbocycles. The van der Waals surface area contributed by atoms with Crippen LogP contribution in [0.25, 0.3) is 10.2 Å². The molecule has 0 aliphatic carbocycles. The van der Waals surface area contributed by atoms with Crippen LogP contribution < -0.4 is 14.8 Å². The van der Waals surface area contributed by atoms with Crippen molar-refractivity contribution in [3.8, 4) is 11.5 Å². The maximum absolute atomic E-state index is 12.5. The quantitative estimate of drug-likeness (QED) is 0.567. The van der Waals surface area contributed by atoms with Crippen LogP contribution in [-0.4, -0.2) is 51.4 Å². The van der Waals surface area contributed by atoms with Gasteiger partial charge in [-0.15, -0.1) is 0 Å². The van der Waals surface area contributed by atoms with Gasteiger partial charge in [-0.05, 0) is 35.9 Å². The van der Waals surface area contributed by atoms with Crippen molar-refractivity contribution >= 4 is 42.6 Å². The third kappa shape index (κ3) is 4.55. The summed E-state index contributed by atoms with van der Waals surface area (Å²) in [6, 6.07) is 10.0. The molecule has 1 heterocycles. The molecule has 0 radical (unpaired) electrons. The lowest BCUT2D eigenvalue weighted by molar-refractivity contribution is -0.115. The number of carbonyl (C=O) groups is 1. The second-order valence-corrected chi connectivity index (χ2v) is 9.56. The second-order valence-electron chi connectivity index (χ2n) is 6.48. The molecule has 0 fully saturated rings. The first-order valence-corrected chi connectivity index (χ1v) is 11.4. The van der Waals surface area contributed by atoms with Crippen molar-refractivity contribution in [1.82, 2.24) is 9.29 Å². The van der Waals surface area contributed by atoms with E-state index < -0.39 is 10.0 Å². The summed E-state index contributed by atoms with van der Waals surface area (Å²) in [5.41, 5.74) is 1.39. The SMILES string of the molecule is CCN(C)S(=O)(=O)c1ccc2nc(NC(=O)Cc3ccc(OC)c(OC)c3)sc2c1. The molecule has 10 heteroatoms. The van der Waals surface area contributed by atoms with Gasteiger partial charge in [-0.25, -0.2) is 17.7 Å². The lowest BCUT2D eigenvalue weighted by atomic mass is 10.1. The lowest BCUT2D eigenvalue weighted by Gasteiger charge is -2.14. The van der Waals surface area contributed by atoms with E-state index in [0.29, 0.717) is 33.4 Å². The van der Waals surface area contributed by atoms with Crippen LogP contribution in [0.15, 0.2) is 41.3 Å². The fourth-order valence-electron chi connectivity index (χ4n) is 2.81. The zero-order valence-corrected chi connectivity index (χ0v) is 18.8. The topological polar surface area (TPSA) is 97.8 Å². The molecule has 0 aliphatic heterocycles. The number of sulfonamides is 1. The summed E-state index contributed by atoms with van der Waals surface area (Å²) in [7, 11) is 1.08. The normalized spacial score (nSPS) is 11.6. The van der Waals surface area contributed by atoms with Crippen LogP contribution in [-0.2, 0) is 21.2 Å². The number of thiazole rings is 1. The van der Waals surface area contributed by atoms with Crippen molar-refractivity contribution in [1.29, 1.82) is 0 Å². The predicted molar refractivity (Wildman–Crippen MR) is 117 cm³/mol. The highest BCUT2D eigenvalue weighted by atomic mass is 32.2. The van der Waals surface area contributed by atoms with Crippen molar-refractivity contribution in [2.24, 2.45) is 0 Å². The van der Waals surface area contributed by atoms with E-state index in [1.54, 1.807) is 44.4 Å². The standard InChI is InChI=1S/C20H23N3O5S2/c1-5-23(2)30(25,26)14-7-8-15-18(12-14)29-20(21-15)22-19(24)11-13-6-9-16(27-3)17(10-13)28-4/h6-10,12H,5,11H2,1-4H3,(H,21,22,24). The number of nitrogens with one attached hydrogen (secondary N) is 1. The number of aromatic nitrogens is 1. The van der Waals surface area contributed by atoms with Crippen LogP contribution in [0.2, 0.25) is 0 Å². The maximum atomic E-state index is 12.5. The monoisotopic (exact) mass is 449 g/mol. The zero-order chi connectivity index (χ0) is 21.9. The first-order valence-electron chi connectivity index (χ1n) is 9.16. The Labute approximate surface area is 179 Å². The molecule has 1 amide bonds. The van der Waals surface area contributed by atoms with Crippen LogP contribution in [0, 0.1) is 0 Å². The van der Waals surface area contributed by atoms with Gasteiger partial charge in [0, 0.05) is 13.6 Å². The molecule has 0 saturated carbocycles. The average molecular weight is 450 g/mol. The van der Waals surface area contributed by atoms with Crippen molar-refractivity contribution < 1.29 is 22.7 Å². The summed E-state index contributed by atoms with van der Waals surface area (Å²) in [6.07, 6.45) is 0.136. The van der Waals surface area contributed by atoms with Gasteiger partial charge in [-0.2, -0.15) is 0 Å². The molecule has 8 nitrogen and oxygen atoms in total. The molecule has 160 valence electrons. The van der Waals surface area contributed by atoms with Gasteiger partial charge in [0.1, 0.15) is 0 Å². The Morgan fingerprint density at radius 1 is 1.13 bits per heavy atom. The zero-order valence-electron chi connectivity index (χ0n) is 17.1. The number of ether oxygens (including phenoxy) is 2. The molecule has 0 spiro atoms. The van der Waals surface area contributed by atoms with E-state index in [1.165, 1.54) is 35.9 Å². The number of anilines is 1. The van der Waals surface area contributed by atoms with Gasteiger partial charge in [-0.1, -0.05) is 24.3 Å². The molecule has 1 aromatic heterocycles. The molecule has 3 aromatic rings. The smallest absolute Gasteiger partial charge is 0.242 e. The highest BCUT2D eigenvalue weighted by molar-refractivity contribution is 7.89. The van der Waals surface area contributed by atoms with Crippen LogP contribution in [0.3, 0.4) is 0 Å². The van der Waals surface area contributed by atoms with E-state index in [2.05, 4.69) is 10.3 Å². The summed E-state index contributed by atoms with van der Waals surface area (Å²) in [6.45, 7) is 2.15. The fourth-order valence-corrected chi connectivity index (χ4v) is 5.01. The van der Waals surface area contributed by atoms with E-state index in [-0.39, 0.29) is 17.2 Å². The molecule has 0 bridgehead atoms. The molecule has 0 atom stereocenters. The van der Waals surface area contributed by atoms with Crippen molar-refractivity contribution in [2.45, 2.75) is 18.2 Å². The van der Waals surface area contributed by atoms with Crippen molar-refractivity contribution in [3.63, 3.8) is 0 Å². The Hall–Kier alpha value is -2.69. The van der Waals surface area contributed by atoms with E-state index in [0.717, 1.165) is 5.56 Å². The molecule has 30 heavy (non-hydrogen) atoms. The van der Waals surface area contributed by atoms with Gasteiger partial charge in [0.05, 0.1) is 35.8 Å². The molecular formula is C20H23N3O5S2. The summed E-state index contributed by atoms with van der Waals surface area (Å²) in [5.74, 6) is 0.903. The minimum atomic E-state index is -3.54. The number of fused-ring (bicyclic) bond motifs is 1. The van der Waals surface area contributed by atoms with Crippen molar-refractivity contribution in [2.75, 3.05) is 33.1 Å². The van der Waals surface area contributed by atoms with Gasteiger partial charge in [0.15, 0.2) is 16.6 Å². The minimum absolute atomic E-state index is 0.136.